The van der Waals surface area contributed by atoms with Crippen molar-refractivity contribution in [3.8, 4) is 0 Å². The van der Waals surface area contributed by atoms with E-state index in [1.807, 2.05) is 6.07 Å². The number of aryl methyl sites for hydroxylation is 2. The molecule has 1 atom stereocenters. The van der Waals surface area contributed by atoms with E-state index in [4.69, 9.17) is 0 Å². The van der Waals surface area contributed by atoms with E-state index >= 15 is 0 Å². The molecule has 1 fully saturated rings. The van der Waals surface area contributed by atoms with Crippen LogP contribution in [0.4, 0.5) is 5.95 Å². The van der Waals surface area contributed by atoms with Crippen LogP contribution >= 0.6 is 0 Å². The molecule has 1 saturated heterocycles. The zero-order valence-corrected chi connectivity index (χ0v) is 18.7. The summed E-state index contributed by atoms with van der Waals surface area (Å²) in [5.74, 6) is 1.11. The van der Waals surface area contributed by atoms with Crippen LogP contribution in [0, 0.1) is 12.8 Å². The van der Waals surface area contributed by atoms with Crippen LogP contribution in [0.15, 0.2) is 67.0 Å². The molecule has 1 unspecified atom stereocenters. The van der Waals surface area contributed by atoms with Gasteiger partial charge in [0.05, 0.1) is 6.04 Å². The van der Waals surface area contributed by atoms with Gasteiger partial charge in [0.2, 0.25) is 11.9 Å². The van der Waals surface area contributed by atoms with Crippen LogP contribution in [0.2, 0.25) is 0 Å². The van der Waals surface area contributed by atoms with Gasteiger partial charge in [0.1, 0.15) is 0 Å². The smallest absolute Gasteiger partial charge is 0.226 e. The molecule has 1 aromatic heterocycles. The molecular formula is C27H30N4O. The number of hydrogen-bond donors (Lipinski definition) is 0. The first-order chi connectivity index (χ1) is 15.7. The molecule has 0 saturated carbocycles. The minimum Gasteiger partial charge on any atom is -0.341 e. The van der Waals surface area contributed by atoms with Gasteiger partial charge in [-0.1, -0.05) is 54.1 Å². The molecule has 1 amide bonds. The normalized spacial score (nSPS) is 18.4. The van der Waals surface area contributed by atoms with E-state index in [9.17, 15) is 4.79 Å². The van der Waals surface area contributed by atoms with Crippen LogP contribution in [-0.4, -0.2) is 33.9 Å². The SMILES string of the molecule is Cc1ccc(CN(C(=O)C2CCN(c3ncccn3)CC2)C2CCc3ccccc32)cc1. The average Bonchev–Trinajstić information content (AvgIpc) is 3.28. The molecule has 32 heavy (non-hydrogen) atoms. The molecule has 2 heterocycles. The van der Waals surface area contributed by atoms with Gasteiger partial charge in [0, 0.05) is 37.9 Å². The van der Waals surface area contributed by atoms with E-state index in [2.05, 4.69) is 75.2 Å². The van der Waals surface area contributed by atoms with E-state index in [1.165, 1.54) is 22.3 Å². The van der Waals surface area contributed by atoms with Crippen molar-refractivity contribution in [2.75, 3.05) is 18.0 Å². The molecular weight excluding hydrogens is 396 g/mol. The summed E-state index contributed by atoms with van der Waals surface area (Å²) in [5.41, 5.74) is 5.15. The largest absolute Gasteiger partial charge is 0.341 e. The summed E-state index contributed by atoms with van der Waals surface area (Å²) < 4.78 is 0. The fraction of sp³-hybridized carbons (Fsp3) is 0.370. The summed E-state index contributed by atoms with van der Waals surface area (Å²) in [6, 6.07) is 19.2. The lowest BCUT2D eigenvalue weighted by atomic mass is 9.93. The number of fused-ring (bicyclic) bond motifs is 1. The number of piperidine rings is 1. The van der Waals surface area contributed by atoms with Gasteiger partial charge in [0.15, 0.2) is 0 Å². The second kappa shape index (κ2) is 9.11. The second-order valence-electron chi connectivity index (χ2n) is 9.02. The predicted molar refractivity (Wildman–Crippen MR) is 126 cm³/mol. The third kappa shape index (κ3) is 4.24. The molecule has 5 heteroatoms. The molecule has 0 N–H and O–H groups in total. The molecule has 0 radical (unpaired) electrons. The Morgan fingerprint density at radius 3 is 2.44 bits per heavy atom. The third-order valence-electron chi connectivity index (χ3n) is 6.91. The number of rotatable bonds is 5. The number of anilines is 1. The van der Waals surface area contributed by atoms with Crippen LogP contribution in [0.5, 0.6) is 0 Å². The van der Waals surface area contributed by atoms with Crippen LogP contribution < -0.4 is 4.90 Å². The van der Waals surface area contributed by atoms with Gasteiger partial charge in [-0.15, -0.1) is 0 Å². The number of benzene rings is 2. The maximum atomic E-state index is 13.9. The first kappa shape index (κ1) is 20.7. The van der Waals surface area contributed by atoms with E-state index in [-0.39, 0.29) is 12.0 Å². The molecule has 3 aromatic rings. The van der Waals surface area contributed by atoms with Gasteiger partial charge in [-0.05, 0) is 55.4 Å². The third-order valence-corrected chi connectivity index (χ3v) is 6.91. The summed E-state index contributed by atoms with van der Waals surface area (Å²) in [5, 5.41) is 0. The number of amides is 1. The highest BCUT2D eigenvalue weighted by Crippen LogP contribution is 2.38. The quantitative estimate of drug-likeness (QED) is 0.592. The second-order valence-corrected chi connectivity index (χ2v) is 9.02. The Hall–Kier alpha value is -3.21. The summed E-state index contributed by atoms with van der Waals surface area (Å²) in [6.07, 6.45) is 7.29. The van der Waals surface area contributed by atoms with E-state index in [1.54, 1.807) is 12.4 Å². The van der Waals surface area contributed by atoms with Crippen molar-refractivity contribution in [3.05, 3.63) is 89.2 Å². The Labute approximate surface area is 190 Å². The summed E-state index contributed by atoms with van der Waals surface area (Å²) in [6.45, 7) is 4.41. The highest BCUT2D eigenvalue weighted by Gasteiger charge is 2.35. The highest BCUT2D eigenvalue weighted by atomic mass is 16.2. The summed E-state index contributed by atoms with van der Waals surface area (Å²) >= 11 is 0. The Balaban J connectivity index is 1.35. The van der Waals surface area contributed by atoms with Crippen LogP contribution in [0.1, 0.15) is 47.6 Å². The average molecular weight is 427 g/mol. The molecule has 5 nitrogen and oxygen atoms in total. The monoisotopic (exact) mass is 426 g/mol. The van der Waals surface area contributed by atoms with Crippen molar-refractivity contribution in [2.24, 2.45) is 5.92 Å². The van der Waals surface area contributed by atoms with Crippen LogP contribution in [0.25, 0.3) is 0 Å². The first-order valence-electron chi connectivity index (χ1n) is 11.6. The van der Waals surface area contributed by atoms with Gasteiger partial charge < -0.3 is 9.80 Å². The number of carbonyl (C=O) groups excluding carboxylic acids is 1. The predicted octanol–water partition coefficient (Wildman–Crippen LogP) is 4.72. The molecule has 2 aromatic carbocycles. The molecule has 2 aliphatic rings. The Kier molecular flexibility index (Phi) is 5.89. The van der Waals surface area contributed by atoms with E-state index in [0.29, 0.717) is 12.5 Å². The standard InChI is InChI=1S/C27H30N4O/c1-20-7-9-21(10-8-20)19-31(25-12-11-22-5-2-3-6-24(22)25)26(32)23-13-17-30(18-14-23)27-28-15-4-16-29-27/h2-10,15-16,23,25H,11-14,17-19H2,1H3. The molecule has 0 bridgehead atoms. The van der Waals surface area contributed by atoms with Gasteiger partial charge >= 0.3 is 0 Å². The van der Waals surface area contributed by atoms with Crippen molar-refractivity contribution in [2.45, 2.75) is 45.2 Å². The van der Waals surface area contributed by atoms with Gasteiger partial charge in [0.25, 0.3) is 0 Å². The van der Waals surface area contributed by atoms with Gasteiger partial charge in [-0.2, -0.15) is 0 Å². The number of carbonyl (C=O) groups is 1. The zero-order chi connectivity index (χ0) is 21.9. The van der Waals surface area contributed by atoms with Crippen molar-refractivity contribution in [1.82, 2.24) is 14.9 Å². The molecule has 164 valence electrons. The van der Waals surface area contributed by atoms with Crippen LogP contribution in [0.3, 0.4) is 0 Å². The molecule has 5 rings (SSSR count). The topological polar surface area (TPSA) is 49.3 Å². The number of aromatic nitrogens is 2. The lowest BCUT2D eigenvalue weighted by Crippen LogP contribution is -2.43. The summed E-state index contributed by atoms with van der Waals surface area (Å²) in [4.78, 5) is 27.0. The van der Waals surface area contributed by atoms with Crippen molar-refractivity contribution in [1.29, 1.82) is 0 Å². The maximum Gasteiger partial charge on any atom is 0.226 e. The highest BCUT2D eigenvalue weighted by molar-refractivity contribution is 5.80. The van der Waals surface area contributed by atoms with E-state index < -0.39 is 0 Å². The summed E-state index contributed by atoms with van der Waals surface area (Å²) in [7, 11) is 0. The minimum atomic E-state index is 0.0492. The lowest BCUT2D eigenvalue weighted by molar-refractivity contribution is -0.139. The van der Waals surface area contributed by atoms with E-state index in [0.717, 1.165) is 44.7 Å². The zero-order valence-electron chi connectivity index (χ0n) is 18.7. The van der Waals surface area contributed by atoms with Gasteiger partial charge in [-0.25, -0.2) is 9.97 Å². The maximum absolute atomic E-state index is 13.9. The van der Waals surface area contributed by atoms with Crippen molar-refractivity contribution >= 4 is 11.9 Å². The fourth-order valence-corrected chi connectivity index (χ4v) is 5.11. The van der Waals surface area contributed by atoms with Crippen molar-refractivity contribution < 1.29 is 4.79 Å². The Bertz CT molecular complexity index is 1060. The minimum absolute atomic E-state index is 0.0492. The number of nitrogens with zero attached hydrogens (tertiary/aromatic N) is 4. The fourth-order valence-electron chi connectivity index (χ4n) is 5.11. The molecule has 0 spiro atoms. The number of hydrogen-bond acceptors (Lipinski definition) is 4. The Morgan fingerprint density at radius 2 is 1.69 bits per heavy atom. The lowest BCUT2D eigenvalue weighted by Gasteiger charge is -2.37. The van der Waals surface area contributed by atoms with Crippen molar-refractivity contribution in [3.63, 3.8) is 0 Å². The molecule has 1 aliphatic heterocycles. The Morgan fingerprint density at radius 1 is 0.969 bits per heavy atom. The molecule has 1 aliphatic carbocycles. The van der Waals surface area contributed by atoms with Crippen LogP contribution in [-0.2, 0) is 17.8 Å². The first-order valence-corrected chi connectivity index (χ1v) is 11.6. The van der Waals surface area contributed by atoms with Gasteiger partial charge in [-0.3, -0.25) is 4.79 Å².